The van der Waals surface area contributed by atoms with Gasteiger partial charge in [0.05, 0.1) is 25.3 Å². The molecule has 31 heavy (non-hydrogen) atoms. The van der Waals surface area contributed by atoms with Crippen molar-refractivity contribution in [1.82, 2.24) is 14.5 Å². The van der Waals surface area contributed by atoms with Crippen LogP contribution in [0.5, 0.6) is 0 Å². The zero-order chi connectivity index (χ0) is 22.3. The van der Waals surface area contributed by atoms with E-state index in [2.05, 4.69) is 9.97 Å². The van der Waals surface area contributed by atoms with Crippen molar-refractivity contribution in [2.45, 2.75) is 57.7 Å². The molecule has 2 aliphatic rings. The summed E-state index contributed by atoms with van der Waals surface area (Å²) >= 11 is 5.93. The van der Waals surface area contributed by atoms with Crippen LogP contribution >= 0.6 is 11.6 Å². The highest BCUT2D eigenvalue weighted by Gasteiger charge is 2.47. The second-order valence-corrected chi connectivity index (χ2v) is 8.40. The fourth-order valence-electron chi connectivity index (χ4n) is 4.31. The van der Waals surface area contributed by atoms with Gasteiger partial charge in [-0.3, -0.25) is 9.36 Å². The van der Waals surface area contributed by atoms with Gasteiger partial charge in [0, 0.05) is 25.4 Å². The number of hydrogen-bond donors (Lipinski definition) is 0. The number of morpholine rings is 1. The van der Waals surface area contributed by atoms with E-state index in [9.17, 15) is 18.0 Å². The molecule has 2 aromatic heterocycles. The van der Waals surface area contributed by atoms with Crippen LogP contribution in [0.25, 0.3) is 0 Å². The van der Waals surface area contributed by atoms with Crippen molar-refractivity contribution in [3.05, 3.63) is 45.5 Å². The molecular formula is C20H23ClF3N5O2. The van der Waals surface area contributed by atoms with Gasteiger partial charge >= 0.3 is 6.18 Å². The second-order valence-electron chi connectivity index (χ2n) is 8.01. The first-order chi connectivity index (χ1) is 14.6. The quantitative estimate of drug-likeness (QED) is 0.659. The third-order valence-electron chi connectivity index (χ3n) is 5.69. The minimum absolute atomic E-state index is 0.00917. The Labute approximate surface area is 182 Å². The van der Waals surface area contributed by atoms with Crippen LogP contribution in [0.2, 0.25) is 5.15 Å². The van der Waals surface area contributed by atoms with Gasteiger partial charge in [0.15, 0.2) is 0 Å². The summed E-state index contributed by atoms with van der Waals surface area (Å²) in [5.74, 6) is 0.370. The van der Waals surface area contributed by atoms with Crippen LogP contribution in [0.3, 0.4) is 0 Å². The smallest absolute Gasteiger partial charge is 0.377 e. The molecule has 0 amide bonds. The Morgan fingerprint density at radius 2 is 1.94 bits per heavy atom. The van der Waals surface area contributed by atoms with E-state index in [1.807, 2.05) is 18.7 Å². The van der Waals surface area contributed by atoms with Gasteiger partial charge < -0.3 is 14.5 Å². The molecule has 168 valence electrons. The third kappa shape index (κ3) is 4.36. The number of pyridine rings is 1. The maximum atomic E-state index is 13.9. The fraction of sp³-hybridized carbons (Fsp3) is 0.550. The van der Waals surface area contributed by atoms with Crippen molar-refractivity contribution in [1.29, 1.82) is 0 Å². The highest BCUT2D eigenvalue weighted by atomic mass is 35.5. The Morgan fingerprint density at radius 3 is 2.58 bits per heavy atom. The summed E-state index contributed by atoms with van der Waals surface area (Å²) in [6, 6.07) is 2.63. The lowest BCUT2D eigenvalue weighted by molar-refractivity contribution is -0.153. The van der Waals surface area contributed by atoms with E-state index in [0.29, 0.717) is 24.6 Å². The first-order valence-electron chi connectivity index (χ1n) is 10.1. The Hall–Kier alpha value is -2.33. The van der Waals surface area contributed by atoms with E-state index in [4.69, 9.17) is 16.3 Å². The Bertz CT molecular complexity index is 1010. The molecule has 1 saturated heterocycles. The predicted octanol–water partition coefficient (Wildman–Crippen LogP) is 3.25. The molecule has 2 aliphatic heterocycles. The summed E-state index contributed by atoms with van der Waals surface area (Å²) in [5, 5.41) is 0.188. The molecule has 3 atom stereocenters. The number of fused-ring (bicyclic) bond motifs is 1. The van der Waals surface area contributed by atoms with Crippen LogP contribution < -0.4 is 15.4 Å². The molecule has 0 spiro atoms. The maximum absolute atomic E-state index is 13.9. The summed E-state index contributed by atoms with van der Waals surface area (Å²) in [6.07, 6.45) is -3.27. The molecule has 1 unspecified atom stereocenters. The van der Waals surface area contributed by atoms with E-state index in [1.54, 1.807) is 6.07 Å². The molecule has 0 saturated carbocycles. The molecule has 0 N–H and O–H groups in total. The number of ether oxygens (including phenoxy) is 1. The molecule has 0 radical (unpaired) electrons. The van der Waals surface area contributed by atoms with Gasteiger partial charge in [-0.05, 0) is 38.0 Å². The molecule has 11 heteroatoms. The van der Waals surface area contributed by atoms with Gasteiger partial charge in [0.25, 0.3) is 5.56 Å². The van der Waals surface area contributed by atoms with Crippen molar-refractivity contribution >= 4 is 23.4 Å². The number of alkyl halides is 3. The second kappa shape index (κ2) is 8.31. The van der Waals surface area contributed by atoms with Crippen molar-refractivity contribution < 1.29 is 17.9 Å². The normalized spacial score (nSPS) is 24.3. The van der Waals surface area contributed by atoms with Crippen molar-refractivity contribution in [2.24, 2.45) is 0 Å². The van der Waals surface area contributed by atoms with Crippen LogP contribution in [0.15, 0.2) is 29.2 Å². The molecule has 0 bridgehead atoms. The van der Waals surface area contributed by atoms with E-state index in [-0.39, 0.29) is 48.3 Å². The minimum atomic E-state index is -4.48. The SMILES string of the molecule is C[C@@H]1COC[C@@H](C)N1c1cc(=O)n2c(n1)N(Cc1ccnc(Cl)c1)C(C(F)(F)F)CC2. The van der Waals surface area contributed by atoms with Crippen molar-refractivity contribution in [3.8, 4) is 0 Å². The van der Waals surface area contributed by atoms with E-state index < -0.39 is 12.2 Å². The van der Waals surface area contributed by atoms with Crippen LogP contribution in [0.1, 0.15) is 25.8 Å². The number of halogens is 4. The molecule has 4 heterocycles. The maximum Gasteiger partial charge on any atom is 0.408 e. The Morgan fingerprint density at radius 1 is 1.23 bits per heavy atom. The van der Waals surface area contributed by atoms with Gasteiger partial charge in [-0.15, -0.1) is 0 Å². The minimum Gasteiger partial charge on any atom is -0.377 e. The Balaban J connectivity index is 1.81. The van der Waals surface area contributed by atoms with Crippen molar-refractivity contribution in [2.75, 3.05) is 23.0 Å². The fourth-order valence-corrected chi connectivity index (χ4v) is 4.50. The zero-order valence-electron chi connectivity index (χ0n) is 17.1. The van der Waals surface area contributed by atoms with Crippen LogP contribution in [-0.4, -0.2) is 52.1 Å². The molecular weight excluding hydrogens is 435 g/mol. The van der Waals surface area contributed by atoms with Crippen LogP contribution in [0.4, 0.5) is 24.9 Å². The number of nitrogens with zero attached hydrogens (tertiary/aromatic N) is 5. The average Bonchev–Trinajstić information content (AvgIpc) is 2.67. The summed E-state index contributed by atoms with van der Waals surface area (Å²) in [5.41, 5.74) is 0.180. The van der Waals surface area contributed by atoms with Gasteiger partial charge in [-0.2, -0.15) is 18.2 Å². The number of rotatable bonds is 3. The molecule has 2 aromatic rings. The molecule has 4 rings (SSSR count). The van der Waals surface area contributed by atoms with Crippen LogP contribution in [-0.2, 0) is 17.8 Å². The summed E-state index contributed by atoms with van der Waals surface area (Å²) in [7, 11) is 0. The molecule has 1 fully saturated rings. The lowest BCUT2D eigenvalue weighted by Crippen LogP contribution is -2.53. The van der Waals surface area contributed by atoms with E-state index >= 15 is 0 Å². The third-order valence-corrected chi connectivity index (χ3v) is 5.89. The topological polar surface area (TPSA) is 63.5 Å². The predicted molar refractivity (Wildman–Crippen MR) is 111 cm³/mol. The number of aromatic nitrogens is 3. The number of hydrogen-bond acceptors (Lipinski definition) is 6. The first kappa shape index (κ1) is 21.9. The largest absolute Gasteiger partial charge is 0.408 e. The summed E-state index contributed by atoms with van der Waals surface area (Å²) in [4.78, 5) is 24.4. The van der Waals surface area contributed by atoms with Gasteiger partial charge in [0.1, 0.15) is 17.0 Å². The average molecular weight is 458 g/mol. The molecule has 0 aromatic carbocycles. The Kier molecular flexibility index (Phi) is 5.87. The zero-order valence-corrected chi connectivity index (χ0v) is 17.9. The number of anilines is 2. The van der Waals surface area contributed by atoms with Crippen molar-refractivity contribution in [3.63, 3.8) is 0 Å². The summed E-state index contributed by atoms with van der Waals surface area (Å²) in [6.45, 7) is 4.63. The lowest BCUT2D eigenvalue weighted by Gasteiger charge is -2.42. The van der Waals surface area contributed by atoms with Gasteiger partial charge in [-0.25, -0.2) is 4.98 Å². The lowest BCUT2D eigenvalue weighted by atomic mass is 10.1. The van der Waals surface area contributed by atoms with Gasteiger partial charge in [-0.1, -0.05) is 11.6 Å². The highest BCUT2D eigenvalue weighted by Crippen LogP contribution is 2.36. The standard InChI is InChI=1S/C20H23ClF3N5O2/c1-12-10-31-11-13(2)29(12)17-8-18(30)27-6-4-15(20(22,23)24)28(19(27)26-17)9-14-3-5-25-16(21)7-14/h3,5,7-8,12-13,15H,4,6,9-11H2,1-2H3/t12-,13-,15?/m1/s1. The van der Waals surface area contributed by atoms with E-state index in [0.717, 1.165) is 4.90 Å². The highest BCUT2D eigenvalue weighted by molar-refractivity contribution is 6.29. The first-order valence-corrected chi connectivity index (χ1v) is 10.4. The molecule has 7 nitrogen and oxygen atoms in total. The molecule has 0 aliphatic carbocycles. The monoisotopic (exact) mass is 457 g/mol. The summed E-state index contributed by atoms with van der Waals surface area (Å²) < 4.78 is 48.6. The van der Waals surface area contributed by atoms with Crippen LogP contribution in [0, 0.1) is 0 Å². The van der Waals surface area contributed by atoms with E-state index in [1.165, 1.54) is 22.9 Å². The van der Waals surface area contributed by atoms with Gasteiger partial charge in [0.2, 0.25) is 5.95 Å².